The maximum atomic E-state index is 14.5. The van der Waals surface area contributed by atoms with Gasteiger partial charge in [-0.2, -0.15) is 0 Å². The standard InChI is InChI=1S/C21H27FN2O2/c1-13(11-17(25)26)7-8-15(22)14(2)16-12-23-18-19(24-16)21(5,6)10-9-20(18,3)4/h7-8,11-12H,9-10H2,1-6H3,(H,25,26)/b8-7+,13-11+,15-14-. The van der Waals surface area contributed by atoms with Crippen LogP contribution in [0.5, 0.6) is 0 Å². The summed E-state index contributed by atoms with van der Waals surface area (Å²) in [5.74, 6) is -1.51. The fraction of sp³-hybridized carbons (Fsp3) is 0.476. The summed E-state index contributed by atoms with van der Waals surface area (Å²) >= 11 is 0. The molecule has 1 aromatic heterocycles. The van der Waals surface area contributed by atoms with E-state index in [1.54, 1.807) is 20.0 Å². The zero-order chi connectivity index (χ0) is 19.7. The van der Waals surface area contributed by atoms with Crippen LogP contribution in [-0.4, -0.2) is 21.0 Å². The number of halogens is 1. The smallest absolute Gasteiger partial charge is 0.328 e. The summed E-state index contributed by atoms with van der Waals surface area (Å²) in [5.41, 5.74) is 3.15. The number of hydrogen-bond donors (Lipinski definition) is 1. The molecule has 2 rings (SSSR count). The van der Waals surface area contributed by atoms with Gasteiger partial charge in [0.25, 0.3) is 0 Å². The first-order valence-corrected chi connectivity index (χ1v) is 8.78. The van der Waals surface area contributed by atoms with Gasteiger partial charge >= 0.3 is 5.97 Å². The molecule has 0 amide bonds. The van der Waals surface area contributed by atoms with E-state index < -0.39 is 11.8 Å². The van der Waals surface area contributed by atoms with Gasteiger partial charge in [0.15, 0.2) is 0 Å². The Labute approximate surface area is 154 Å². The lowest BCUT2D eigenvalue weighted by molar-refractivity contribution is -0.131. The molecule has 0 saturated heterocycles. The summed E-state index contributed by atoms with van der Waals surface area (Å²) in [6, 6.07) is 0. The van der Waals surface area contributed by atoms with Gasteiger partial charge in [0.2, 0.25) is 0 Å². The lowest BCUT2D eigenvalue weighted by atomic mass is 9.67. The number of allylic oxidation sites excluding steroid dienone is 5. The monoisotopic (exact) mass is 358 g/mol. The van der Waals surface area contributed by atoms with Gasteiger partial charge in [0, 0.05) is 22.5 Å². The van der Waals surface area contributed by atoms with Crippen molar-refractivity contribution >= 4 is 11.5 Å². The van der Waals surface area contributed by atoms with Crippen molar-refractivity contribution < 1.29 is 14.3 Å². The highest BCUT2D eigenvalue weighted by atomic mass is 19.1. The number of rotatable bonds is 4. The van der Waals surface area contributed by atoms with E-state index in [4.69, 9.17) is 10.1 Å². The second-order valence-corrected chi connectivity index (χ2v) is 8.25. The lowest BCUT2D eigenvalue weighted by Gasteiger charge is -2.39. The van der Waals surface area contributed by atoms with Crippen LogP contribution in [0.1, 0.15) is 71.5 Å². The van der Waals surface area contributed by atoms with Crippen LogP contribution in [-0.2, 0) is 15.6 Å². The van der Waals surface area contributed by atoms with E-state index >= 15 is 0 Å². The fourth-order valence-electron chi connectivity index (χ4n) is 3.09. The van der Waals surface area contributed by atoms with Crippen molar-refractivity contribution in [3.8, 4) is 0 Å². The van der Waals surface area contributed by atoms with E-state index in [1.165, 1.54) is 12.2 Å². The van der Waals surface area contributed by atoms with Crippen LogP contribution in [0.4, 0.5) is 4.39 Å². The van der Waals surface area contributed by atoms with E-state index in [9.17, 15) is 9.18 Å². The predicted molar refractivity (Wildman–Crippen MR) is 102 cm³/mol. The minimum Gasteiger partial charge on any atom is -0.478 e. The van der Waals surface area contributed by atoms with Gasteiger partial charge in [-0.1, -0.05) is 33.8 Å². The highest BCUT2D eigenvalue weighted by Gasteiger charge is 2.39. The van der Waals surface area contributed by atoms with Crippen LogP contribution in [0.2, 0.25) is 0 Å². The Morgan fingerprint density at radius 3 is 2.27 bits per heavy atom. The molecule has 0 aliphatic heterocycles. The van der Waals surface area contributed by atoms with Crippen LogP contribution in [0, 0.1) is 0 Å². The second-order valence-electron chi connectivity index (χ2n) is 8.25. The third kappa shape index (κ3) is 4.26. The van der Waals surface area contributed by atoms with Crippen LogP contribution in [0.3, 0.4) is 0 Å². The summed E-state index contributed by atoms with van der Waals surface area (Å²) < 4.78 is 14.5. The van der Waals surface area contributed by atoms with E-state index in [-0.39, 0.29) is 10.8 Å². The first-order valence-electron chi connectivity index (χ1n) is 8.78. The van der Waals surface area contributed by atoms with Gasteiger partial charge in [-0.3, -0.25) is 4.98 Å². The SMILES string of the molecule is C\C(=C(F)/C=C/C(C)=C/C(=O)O)c1cnc2c(n1)C(C)(C)CCC2(C)C. The van der Waals surface area contributed by atoms with Crippen molar-refractivity contribution in [2.24, 2.45) is 0 Å². The molecule has 5 heteroatoms. The van der Waals surface area contributed by atoms with Crippen molar-refractivity contribution in [2.75, 3.05) is 0 Å². The molecule has 0 fully saturated rings. The lowest BCUT2D eigenvalue weighted by Crippen LogP contribution is -2.36. The van der Waals surface area contributed by atoms with Crippen LogP contribution in [0.15, 0.2) is 35.8 Å². The average Bonchev–Trinajstić information content (AvgIpc) is 2.55. The molecule has 1 aliphatic rings. The molecule has 1 aliphatic carbocycles. The Hall–Kier alpha value is -2.30. The van der Waals surface area contributed by atoms with Gasteiger partial charge in [-0.15, -0.1) is 0 Å². The molecular weight excluding hydrogens is 331 g/mol. The predicted octanol–water partition coefficient (Wildman–Crippen LogP) is 5.11. The molecule has 0 atom stereocenters. The maximum Gasteiger partial charge on any atom is 0.328 e. The highest BCUT2D eigenvalue weighted by Crippen LogP contribution is 2.44. The summed E-state index contributed by atoms with van der Waals surface area (Å²) in [6.07, 6.45) is 7.41. The molecule has 26 heavy (non-hydrogen) atoms. The average molecular weight is 358 g/mol. The summed E-state index contributed by atoms with van der Waals surface area (Å²) in [5, 5.41) is 8.71. The molecule has 140 valence electrons. The zero-order valence-corrected chi connectivity index (χ0v) is 16.4. The van der Waals surface area contributed by atoms with E-state index in [2.05, 4.69) is 32.7 Å². The maximum absolute atomic E-state index is 14.5. The Morgan fingerprint density at radius 1 is 1.12 bits per heavy atom. The molecule has 4 nitrogen and oxygen atoms in total. The molecule has 0 unspecified atom stereocenters. The third-order valence-corrected chi connectivity index (χ3v) is 5.02. The number of carbonyl (C=O) groups is 1. The third-order valence-electron chi connectivity index (χ3n) is 5.02. The fourth-order valence-corrected chi connectivity index (χ4v) is 3.09. The van der Waals surface area contributed by atoms with Crippen molar-refractivity contribution in [3.05, 3.63) is 52.9 Å². The van der Waals surface area contributed by atoms with Gasteiger partial charge in [0.05, 0.1) is 23.3 Å². The Balaban J connectivity index is 2.43. The largest absolute Gasteiger partial charge is 0.478 e. The number of carboxylic acid groups (broad SMARTS) is 1. The number of hydrogen-bond acceptors (Lipinski definition) is 3. The quantitative estimate of drug-likeness (QED) is 0.600. The summed E-state index contributed by atoms with van der Waals surface area (Å²) in [4.78, 5) is 20.0. The zero-order valence-electron chi connectivity index (χ0n) is 16.4. The molecule has 0 saturated carbocycles. The Morgan fingerprint density at radius 2 is 1.69 bits per heavy atom. The molecular formula is C21H27FN2O2. The number of aromatic nitrogens is 2. The van der Waals surface area contributed by atoms with E-state index in [0.717, 1.165) is 30.3 Å². The van der Waals surface area contributed by atoms with Gasteiger partial charge in [0.1, 0.15) is 5.83 Å². The Bertz CT molecular complexity index is 817. The van der Waals surface area contributed by atoms with Crippen LogP contribution < -0.4 is 0 Å². The minimum absolute atomic E-state index is 0.0365. The Kier molecular flexibility index (Phi) is 5.49. The van der Waals surface area contributed by atoms with Crippen molar-refractivity contribution in [1.29, 1.82) is 0 Å². The molecule has 0 bridgehead atoms. The molecule has 0 radical (unpaired) electrons. The number of nitrogens with zero attached hydrogens (tertiary/aromatic N) is 2. The molecule has 1 N–H and O–H groups in total. The molecule has 1 heterocycles. The van der Waals surface area contributed by atoms with Gasteiger partial charge < -0.3 is 5.11 Å². The second kappa shape index (κ2) is 7.14. The van der Waals surface area contributed by atoms with Gasteiger partial charge in [-0.25, -0.2) is 14.2 Å². The van der Waals surface area contributed by atoms with E-state index in [1.807, 2.05) is 0 Å². The minimum atomic E-state index is -1.06. The molecule has 0 aromatic carbocycles. The summed E-state index contributed by atoms with van der Waals surface area (Å²) in [7, 11) is 0. The molecule has 0 spiro atoms. The van der Waals surface area contributed by atoms with Crippen LogP contribution in [0.25, 0.3) is 5.57 Å². The van der Waals surface area contributed by atoms with Crippen molar-refractivity contribution in [2.45, 2.75) is 65.2 Å². The van der Waals surface area contributed by atoms with Crippen molar-refractivity contribution in [1.82, 2.24) is 9.97 Å². The topological polar surface area (TPSA) is 63.1 Å². The highest BCUT2D eigenvalue weighted by molar-refractivity contribution is 5.81. The van der Waals surface area contributed by atoms with Crippen molar-refractivity contribution in [3.63, 3.8) is 0 Å². The first-order chi connectivity index (χ1) is 11.9. The number of fused-ring (bicyclic) bond motifs is 1. The van der Waals surface area contributed by atoms with Crippen LogP contribution >= 0.6 is 0 Å². The molecule has 1 aromatic rings. The van der Waals surface area contributed by atoms with E-state index in [0.29, 0.717) is 16.8 Å². The van der Waals surface area contributed by atoms with Gasteiger partial charge in [-0.05, 0) is 38.3 Å². The first kappa shape index (κ1) is 20.0. The number of carboxylic acids is 1. The number of aliphatic carboxylic acids is 1. The summed E-state index contributed by atoms with van der Waals surface area (Å²) in [6.45, 7) is 11.9. The normalized spacial score (nSPS) is 19.9.